The van der Waals surface area contributed by atoms with Crippen molar-refractivity contribution >= 4 is 38.7 Å². The largest absolute Gasteiger partial charge is 0.337 e. The Morgan fingerprint density at radius 1 is 1.30 bits per heavy atom. The van der Waals surface area contributed by atoms with Crippen LogP contribution in [0.2, 0.25) is 5.02 Å². The molecule has 2 aromatic rings. The van der Waals surface area contributed by atoms with Crippen molar-refractivity contribution < 1.29 is 13.2 Å². The van der Waals surface area contributed by atoms with Crippen LogP contribution in [0, 0.1) is 6.92 Å². The number of likely N-dealkylation sites (tertiary alicyclic amines) is 1. The molecule has 1 unspecified atom stereocenters. The number of carbonyl (C=O) groups is 1. The molecule has 1 aromatic carbocycles. The minimum Gasteiger partial charge on any atom is -0.337 e. The molecule has 1 fully saturated rings. The van der Waals surface area contributed by atoms with E-state index in [4.69, 9.17) is 11.6 Å². The molecule has 1 atom stereocenters. The van der Waals surface area contributed by atoms with Crippen molar-refractivity contribution in [2.45, 2.75) is 23.5 Å². The fraction of sp³-hybridized carbons (Fsp3) is 0.312. The van der Waals surface area contributed by atoms with Crippen LogP contribution in [0.3, 0.4) is 0 Å². The molecular formula is C16H16ClNO3S2. The summed E-state index contributed by atoms with van der Waals surface area (Å²) in [6.07, 6.45) is 0.459. The number of sulfone groups is 1. The van der Waals surface area contributed by atoms with E-state index in [0.29, 0.717) is 22.9 Å². The molecule has 1 amide bonds. The second-order valence-electron chi connectivity index (χ2n) is 5.65. The molecule has 0 saturated carbocycles. The summed E-state index contributed by atoms with van der Waals surface area (Å²) in [5.41, 5.74) is 1.04. The van der Waals surface area contributed by atoms with Gasteiger partial charge in [-0.2, -0.15) is 0 Å². The number of benzene rings is 1. The molecular weight excluding hydrogens is 354 g/mol. The van der Waals surface area contributed by atoms with Crippen molar-refractivity contribution in [3.05, 3.63) is 51.2 Å². The lowest BCUT2D eigenvalue weighted by Gasteiger charge is -2.16. The monoisotopic (exact) mass is 369 g/mol. The van der Waals surface area contributed by atoms with Crippen LogP contribution in [0.15, 0.2) is 40.6 Å². The standard InChI is InChI=1S/C16H16ClNO3S2/c1-11-8-15(22-10-11)16(19)18-7-6-14(9-18)23(20,21)13-4-2-12(17)3-5-13/h2-5,8,10,14H,6-7,9H2,1H3. The highest BCUT2D eigenvalue weighted by atomic mass is 35.5. The van der Waals surface area contributed by atoms with Gasteiger partial charge in [-0.3, -0.25) is 4.79 Å². The molecule has 4 nitrogen and oxygen atoms in total. The summed E-state index contributed by atoms with van der Waals surface area (Å²) in [5, 5.41) is 1.86. The first-order valence-electron chi connectivity index (χ1n) is 7.22. The van der Waals surface area contributed by atoms with E-state index < -0.39 is 15.1 Å². The summed E-state index contributed by atoms with van der Waals surface area (Å²) in [6, 6.07) is 8.02. The molecule has 122 valence electrons. The molecule has 0 radical (unpaired) electrons. The predicted molar refractivity (Wildman–Crippen MR) is 92.0 cm³/mol. The summed E-state index contributed by atoms with van der Waals surface area (Å²) in [7, 11) is -3.45. The van der Waals surface area contributed by atoms with Crippen LogP contribution in [0.1, 0.15) is 21.7 Å². The molecule has 0 N–H and O–H groups in total. The first kappa shape index (κ1) is 16.5. The lowest BCUT2D eigenvalue weighted by Crippen LogP contribution is -2.31. The second-order valence-corrected chi connectivity index (χ2v) is 9.22. The average molecular weight is 370 g/mol. The normalized spacial score (nSPS) is 18.3. The zero-order valence-corrected chi connectivity index (χ0v) is 14.9. The Morgan fingerprint density at radius 2 is 2.00 bits per heavy atom. The lowest BCUT2D eigenvalue weighted by molar-refractivity contribution is 0.0798. The van der Waals surface area contributed by atoms with Gasteiger partial charge in [0.05, 0.1) is 15.0 Å². The molecule has 1 aliphatic heterocycles. The zero-order chi connectivity index (χ0) is 16.6. The SMILES string of the molecule is Cc1csc(C(=O)N2CCC(S(=O)(=O)c3ccc(Cl)cc3)C2)c1. The molecule has 0 spiro atoms. The Morgan fingerprint density at radius 3 is 2.61 bits per heavy atom. The second kappa shape index (κ2) is 6.26. The van der Waals surface area contributed by atoms with E-state index in [9.17, 15) is 13.2 Å². The first-order chi connectivity index (χ1) is 10.9. The number of nitrogens with zero attached hydrogens (tertiary/aromatic N) is 1. The number of amides is 1. The molecule has 1 aliphatic rings. The molecule has 0 aliphatic carbocycles. The zero-order valence-electron chi connectivity index (χ0n) is 12.5. The Hall–Kier alpha value is -1.37. The van der Waals surface area contributed by atoms with E-state index in [1.165, 1.54) is 23.5 Å². The van der Waals surface area contributed by atoms with Gasteiger partial charge in [0, 0.05) is 18.1 Å². The Balaban J connectivity index is 1.76. The first-order valence-corrected chi connectivity index (χ1v) is 10.0. The molecule has 3 rings (SSSR count). The number of carbonyl (C=O) groups excluding carboxylic acids is 1. The van der Waals surface area contributed by atoms with Crippen LogP contribution in [0.5, 0.6) is 0 Å². The fourth-order valence-electron chi connectivity index (χ4n) is 2.68. The van der Waals surface area contributed by atoms with E-state index >= 15 is 0 Å². The smallest absolute Gasteiger partial charge is 0.263 e. The van der Waals surface area contributed by atoms with Gasteiger partial charge in [0.1, 0.15) is 0 Å². The molecule has 23 heavy (non-hydrogen) atoms. The summed E-state index contributed by atoms with van der Waals surface area (Å²) in [4.78, 5) is 15.0. The van der Waals surface area contributed by atoms with Gasteiger partial charge in [-0.05, 0) is 54.6 Å². The van der Waals surface area contributed by atoms with Gasteiger partial charge in [0.2, 0.25) is 0 Å². The summed E-state index contributed by atoms with van der Waals surface area (Å²) in [6.45, 7) is 2.64. The van der Waals surface area contributed by atoms with Crippen LogP contribution < -0.4 is 0 Å². The van der Waals surface area contributed by atoms with Crippen LogP contribution in [0.4, 0.5) is 0 Å². The highest BCUT2D eigenvalue weighted by molar-refractivity contribution is 7.92. The minimum atomic E-state index is -3.45. The number of hydrogen-bond donors (Lipinski definition) is 0. The van der Waals surface area contributed by atoms with Crippen LogP contribution in [-0.4, -0.2) is 37.6 Å². The third kappa shape index (κ3) is 3.29. The average Bonchev–Trinajstić information content (AvgIpc) is 3.16. The van der Waals surface area contributed by atoms with Crippen LogP contribution in [-0.2, 0) is 9.84 Å². The van der Waals surface area contributed by atoms with Gasteiger partial charge < -0.3 is 4.90 Å². The fourth-order valence-corrected chi connectivity index (χ4v) is 5.36. The third-order valence-corrected chi connectivity index (χ3v) is 7.43. The van der Waals surface area contributed by atoms with Crippen molar-refractivity contribution in [1.29, 1.82) is 0 Å². The van der Waals surface area contributed by atoms with Gasteiger partial charge in [-0.1, -0.05) is 11.6 Å². The van der Waals surface area contributed by atoms with E-state index in [2.05, 4.69) is 0 Å². The van der Waals surface area contributed by atoms with Crippen LogP contribution in [0.25, 0.3) is 0 Å². The number of halogens is 1. The van der Waals surface area contributed by atoms with Gasteiger partial charge in [0.15, 0.2) is 9.84 Å². The summed E-state index contributed by atoms with van der Waals surface area (Å²) < 4.78 is 25.4. The van der Waals surface area contributed by atoms with Crippen LogP contribution >= 0.6 is 22.9 Å². The highest BCUT2D eigenvalue weighted by Gasteiger charge is 2.36. The third-order valence-electron chi connectivity index (χ3n) is 3.95. The molecule has 1 aromatic heterocycles. The number of aryl methyl sites for hydroxylation is 1. The maximum Gasteiger partial charge on any atom is 0.263 e. The number of hydrogen-bond acceptors (Lipinski definition) is 4. The maximum absolute atomic E-state index is 12.7. The minimum absolute atomic E-state index is 0.0862. The lowest BCUT2D eigenvalue weighted by atomic mass is 10.3. The molecule has 0 bridgehead atoms. The van der Waals surface area contributed by atoms with Crippen molar-refractivity contribution in [2.75, 3.05) is 13.1 Å². The Kier molecular flexibility index (Phi) is 4.49. The van der Waals surface area contributed by atoms with E-state index in [-0.39, 0.29) is 17.3 Å². The van der Waals surface area contributed by atoms with Crippen molar-refractivity contribution in [1.82, 2.24) is 4.90 Å². The van der Waals surface area contributed by atoms with Gasteiger partial charge >= 0.3 is 0 Å². The van der Waals surface area contributed by atoms with E-state index in [0.717, 1.165) is 5.56 Å². The molecule has 2 heterocycles. The topological polar surface area (TPSA) is 54.5 Å². The molecule has 1 saturated heterocycles. The van der Waals surface area contributed by atoms with Crippen molar-refractivity contribution in [3.63, 3.8) is 0 Å². The van der Waals surface area contributed by atoms with E-state index in [1.807, 2.05) is 18.4 Å². The van der Waals surface area contributed by atoms with Gasteiger partial charge in [0.25, 0.3) is 5.91 Å². The summed E-state index contributed by atoms with van der Waals surface area (Å²) in [5.74, 6) is -0.0862. The molecule has 7 heteroatoms. The highest BCUT2D eigenvalue weighted by Crippen LogP contribution is 2.27. The van der Waals surface area contributed by atoms with Crippen molar-refractivity contribution in [2.24, 2.45) is 0 Å². The Labute approximate surface area is 144 Å². The Bertz CT molecular complexity index is 827. The van der Waals surface area contributed by atoms with Crippen molar-refractivity contribution in [3.8, 4) is 0 Å². The number of rotatable bonds is 3. The maximum atomic E-state index is 12.7. The van der Waals surface area contributed by atoms with E-state index in [1.54, 1.807) is 17.0 Å². The van der Waals surface area contributed by atoms with Gasteiger partial charge in [-0.25, -0.2) is 8.42 Å². The van der Waals surface area contributed by atoms with Gasteiger partial charge in [-0.15, -0.1) is 11.3 Å². The quantitative estimate of drug-likeness (QED) is 0.833. The predicted octanol–water partition coefficient (Wildman–Crippen LogP) is 3.40. The summed E-state index contributed by atoms with van der Waals surface area (Å²) >= 11 is 7.21. The number of thiophene rings is 1.